The maximum Gasteiger partial charge on any atom is 0.0508 e. The second-order valence-corrected chi connectivity index (χ2v) is 4.51. The van der Waals surface area contributed by atoms with Gasteiger partial charge in [0.2, 0.25) is 0 Å². The van der Waals surface area contributed by atoms with Gasteiger partial charge in [-0.2, -0.15) is 0 Å². The molecule has 0 radical (unpaired) electrons. The first-order chi connectivity index (χ1) is 5.00. The van der Waals surface area contributed by atoms with E-state index in [-0.39, 0.29) is 0 Å². The van der Waals surface area contributed by atoms with E-state index in [1.54, 1.807) is 0 Å². The molecule has 1 rings (SSSR count). The van der Waals surface area contributed by atoms with Crippen molar-refractivity contribution in [2.24, 2.45) is 0 Å². The normalized spacial score (nSPS) is 24.0. The predicted octanol–water partition coefficient (Wildman–Crippen LogP) is 1.38. The molecule has 0 aromatic carbocycles. The van der Waals surface area contributed by atoms with Crippen molar-refractivity contribution in [3.63, 3.8) is 0 Å². The van der Waals surface area contributed by atoms with Gasteiger partial charge in [-0.3, -0.25) is 9.80 Å². The van der Waals surface area contributed by atoms with E-state index in [1.807, 2.05) is 0 Å². The predicted molar refractivity (Wildman–Crippen MR) is 48.6 cm³/mol. The Hall–Kier alpha value is -0.0800. The van der Waals surface area contributed by atoms with Gasteiger partial charge in [0.05, 0.1) is 6.67 Å². The maximum absolute atomic E-state index is 2.52. The average molecular weight is 156 g/mol. The highest BCUT2D eigenvalue weighted by Crippen LogP contribution is 2.16. The van der Waals surface area contributed by atoms with Gasteiger partial charge in [0, 0.05) is 18.6 Å². The molecule has 0 N–H and O–H groups in total. The fourth-order valence-electron chi connectivity index (χ4n) is 1.51. The second-order valence-electron chi connectivity index (χ2n) is 4.51. The molecule has 2 heteroatoms. The SMILES string of the molecule is CN1CCCN(C(C)(C)C)C1. The third-order valence-corrected chi connectivity index (χ3v) is 2.33. The summed E-state index contributed by atoms with van der Waals surface area (Å²) in [4.78, 5) is 4.91. The van der Waals surface area contributed by atoms with Crippen LogP contribution >= 0.6 is 0 Å². The molecule has 0 aromatic rings. The fraction of sp³-hybridized carbons (Fsp3) is 1.00. The Morgan fingerprint density at radius 2 is 1.73 bits per heavy atom. The van der Waals surface area contributed by atoms with Gasteiger partial charge in [-0.1, -0.05) is 0 Å². The summed E-state index contributed by atoms with van der Waals surface area (Å²) in [6, 6.07) is 0. The molecule has 1 aliphatic heterocycles. The van der Waals surface area contributed by atoms with Crippen LogP contribution in [0.2, 0.25) is 0 Å². The molecule has 0 saturated carbocycles. The lowest BCUT2D eigenvalue weighted by Crippen LogP contribution is -2.51. The molecule has 0 atom stereocenters. The first-order valence-electron chi connectivity index (χ1n) is 4.44. The van der Waals surface area contributed by atoms with Crippen molar-refractivity contribution in [1.29, 1.82) is 0 Å². The van der Waals surface area contributed by atoms with Crippen LogP contribution in [-0.4, -0.2) is 42.1 Å². The van der Waals surface area contributed by atoms with E-state index in [9.17, 15) is 0 Å². The van der Waals surface area contributed by atoms with Crippen LogP contribution in [-0.2, 0) is 0 Å². The largest absolute Gasteiger partial charge is 0.293 e. The van der Waals surface area contributed by atoms with Crippen molar-refractivity contribution >= 4 is 0 Å². The molecule has 1 fully saturated rings. The Kier molecular flexibility index (Phi) is 2.55. The maximum atomic E-state index is 2.52. The van der Waals surface area contributed by atoms with Crippen LogP contribution in [0.1, 0.15) is 27.2 Å². The molecule has 0 amide bonds. The lowest BCUT2D eigenvalue weighted by Gasteiger charge is -2.41. The molecule has 0 spiro atoms. The standard InChI is InChI=1S/C9H20N2/c1-9(2,3)11-7-5-6-10(4)8-11/h5-8H2,1-4H3. The summed E-state index contributed by atoms with van der Waals surface area (Å²) in [5.41, 5.74) is 0.342. The molecular formula is C9H20N2. The summed E-state index contributed by atoms with van der Waals surface area (Å²) >= 11 is 0. The number of rotatable bonds is 0. The van der Waals surface area contributed by atoms with Gasteiger partial charge in [-0.15, -0.1) is 0 Å². The van der Waals surface area contributed by atoms with Crippen molar-refractivity contribution < 1.29 is 0 Å². The summed E-state index contributed by atoms with van der Waals surface area (Å²) in [5, 5.41) is 0. The van der Waals surface area contributed by atoms with Crippen LogP contribution in [0.25, 0.3) is 0 Å². The van der Waals surface area contributed by atoms with E-state index in [0.717, 1.165) is 6.67 Å². The second kappa shape index (κ2) is 3.11. The van der Waals surface area contributed by atoms with E-state index in [1.165, 1.54) is 19.5 Å². The van der Waals surface area contributed by atoms with E-state index in [2.05, 4.69) is 37.6 Å². The van der Waals surface area contributed by atoms with Crippen molar-refractivity contribution in [3.05, 3.63) is 0 Å². The highest BCUT2D eigenvalue weighted by atomic mass is 15.3. The summed E-state index contributed by atoms with van der Waals surface area (Å²) in [6.45, 7) is 10.5. The Balaban J connectivity index is 2.46. The minimum atomic E-state index is 0.342. The molecule has 1 aliphatic rings. The quantitative estimate of drug-likeness (QED) is 0.523. The zero-order valence-corrected chi connectivity index (χ0v) is 8.22. The van der Waals surface area contributed by atoms with E-state index >= 15 is 0 Å². The molecule has 11 heavy (non-hydrogen) atoms. The minimum absolute atomic E-state index is 0.342. The summed E-state index contributed by atoms with van der Waals surface area (Å²) in [5.74, 6) is 0. The van der Waals surface area contributed by atoms with Crippen LogP contribution < -0.4 is 0 Å². The molecule has 2 nitrogen and oxygen atoms in total. The molecule has 0 bridgehead atoms. The van der Waals surface area contributed by atoms with Gasteiger partial charge >= 0.3 is 0 Å². The van der Waals surface area contributed by atoms with Gasteiger partial charge in [0.15, 0.2) is 0 Å². The Labute approximate surface area is 70.2 Å². The molecule has 66 valence electrons. The van der Waals surface area contributed by atoms with E-state index in [4.69, 9.17) is 0 Å². The van der Waals surface area contributed by atoms with Crippen molar-refractivity contribution in [2.75, 3.05) is 26.8 Å². The third-order valence-electron chi connectivity index (χ3n) is 2.33. The van der Waals surface area contributed by atoms with Gasteiger partial charge in [-0.05, 0) is 34.2 Å². The first kappa shape index (κ1) is 9.01. The monoisotopic (exact) mass is 156 g/mol. The lowest BCUT2D eigenvalue weighted by molar-refractivity contribution is 0.0347. The van der Waals surface area contributed by atoms with Crippen LogP contribution in [0, 0.1) is 0 Å². The smallest absolute Gasteiger partial charge is 0.0508 e. The van der Waals surface area contributed by atoms with E-state index in [0.29, 0.717) is 5.54 Å². The number of nitrogens with zero attached hydrogens (tertiary/aromatic N) is 2. The van der Waals surface area contributed by atoms with Crippen LogP contribution in [0.4, 0.5) is 0 Å². The lowest BCUT2D eigenvalue weighted by atomic mass is 10.1. The molecular weight excluding hydrogens is 136 g/mol. The fourth-order valence-corrected chi connectivity index (χ4v) is 1.51. The van der Waals surface area contributed by atoms with E-state index < -0.39 is 0 Å². The summed E-state index contributed by atoms with van der Waals surface area (Å²) in [7, 11) is 2.19. The zero-order chi connectivity index (χ0) is 8.48. The topological polar surface area (TPSA) is 6.48 Å². The molecule has 0 unspecified atom stereocenters. The van der Waals surface area contributed by atoms with Crippen molar-refractivity contribution in [3.8, 4) is 0 Å². The molecule has 0 aromatic heterocycles. The number of hydrogen-bond acceptors (Lipinski definition) is 2. The minimum Gasteiger partial charge on any atom is -0.293 e. The summed E-state index contributed by atoms with van der Waals surface area (Å²) in [6.07, 6.45) is 1.31. The van der Waals surface area contributed by atoms with Crippen LogP contribution in [0.5, 0.6) is 0 Å². The third kappa shape index (κ3) is 2.46. The Morgan fingerprint density at radius 1 is 1.09 bits per heavy atom. The molecule has 0 aliphatic carbocycles. The van der Waals surface area contributed by atoms with Gasteiger partial charge in [0.1, 0.15) is 0 Å². The number of hydrogen-bond donors (Lipinski definition) is 0. The van der Waals surface area contributed by atoms with Crippen molar-refractivity contribution in [1.82, 2.24) is 9.80 Å². The molecule has 1 heterocycles. The zero-order valence-electron chi connectivity index (χ0n) is 8.22. The first-order valence-corrected chi connectivity index (χ1v) is 4.44. The Morgan fingerprint density at radius 3 is 2.09 bits per heavy atom. The highest BCUT2D eigenvalue weighted by Gasteiger charge is 2.24. The van der Waals surface area contributed by atoms with Gasteiger partial charge in [-0.25, -0.2) is 0 Å². The van der Waals surface area contributed by atoms with Crippen molar-refractivity contribution in [2.45, 2.75) is 32.7 Å². The average Bonchev–Trinajstić information content (AvgIpc) is 1.86. The van der Waals surface area contributed by atoms with Gasteiger partial charge < -0.3 is 0 Å². The van der Waals surface area contributed by atoms with Crippen LogP contribution in [0.15, 0.2) is 0 Å². The highest BCUT2D eigenvalue weighted by molar-refractivity contribution is 4.78. The Bertz CT molecular complexity index is 126. The van der Waals surface area contributed by atoms with Gasteiger partial charge in [0.25, 0.3) is 0 Å². The summed E-state index contributed by atoms with van der Waals surface area (Å²) < 4.78 is 0. The molecule has 1 saturated heterocycles. The van der Waals surface area contributed by atoms with Crippen LogP contribution in [0.3, 0.4) is 0 Å².